The van der Waals surface area contributed by atoms with Crippen LogP contribution in [0.25, 0.3) is 0 Å². The Morgan fingerprint density at radius 1 is 1.50 bits per heavy atom. The molecule has 3 N–H and O–H groups in total. The number of nitrogens with two attached hydrogens (primary N) is 1. The number of hydrogen-bond acceptors (Lipinski definition) is 3. The Labute approximate surface area is 132 Å². The summed E-state index contributed by atoms with van der Waals surface area (Å²) in [5.41, 5.74) is 5.70. The minimum Gasteiger partial charge on any atom is -0.393 e. The second-order valence-corrected chi connectivity index (χ2v) is 7.95. The van der Waals surface area contributed by atoms with Crippen molar-refractivity contribution in [3.8, 4) is 0 Å². The average molecular weight is 412 g/mol. The summed E-state index contributed by atoms with van der Waals surface area (Å²) in [6.45, 7) is 0. The van der Waals surface area contributed by atoms with Gasteiger partial charge in [0, 0.05) is 16.4 Å². The van der Waals surface area contributed by atoms with Crippen LogP contribution in [0.5, 0.6) is 0 Å². The summed E-state index contributed by atoms with van der Waals surface area (Å²) in [5.74, 6) is 0.0790. The predicted molar refractivity (Wildman–Crippen MR) is 85.1 cm³/mol. The fourth-order valence-corrected chi connectivity index (χ4v) is 4.39. The van der Waals surface area contributed by atoms with Crippen molar-refractivity contribution in [2.24, 2.45) is 11.7 Å². The third-order valence-electron chi connectivity index (χ3n) is 3.07. The summed E-state index contributed by atoms with van der Waals surface area (Å²) < 4.78 is 1.82. The van der Waals surface area contributed by atoms with Crippen molar-refractivity contribution >= 4 is 66.3 Å². The van der Waals surface area contributed by atoms with Crippen molar-refractivity contribution in [1.82, 2.24) is 5.32 Å². The molecule has 2 rings (SSSR count). The lowest BCUT2D eigenvalue weighted by molar-refractivity contribution is 0.0938. The fourth-order valence-electron chi connectivity index (χ4n) is 2.17. The Balaban J connectivity index is 2.05. The highest BCUT2D eigenvalue weighted by molar-refractivity contribution is 9.13. The zero-order valence-corrected chi connectivity index (χ0v) is 14.2. The SMILES string of the molecule is NC(=S)C1CCCC1NC(=O)c1cc(Br)c(Br)s1. The van der Waals surface area contributed by atoms with Gasteiger partial charge in [0.1, 0.15) is 0 Å². The maximum absolute atomic E-state index is 12.1. The normalized spacial score (nSPS) is 23.0. The number of carbonyl (C=O) groups is 1. The molecule has 1 aromatic rings. The van der Waals surface area contributed by atoms with Crippen LogP contribution < -0.4 is 11.1 Å². The van der Waals surface area contributed by atoms with E-state index in [1.807, 2.05) is 6.07 Å². The number of thiocarbonyl (C=S) groups is 1. The van der Waals surface area contributed by atoms with Crippen LogP contribution in [0.3, 0.4) is 0 Å². The minimum atomic E-state index is -0.0560. The number of halogens is 2. The van der Waals surface area contributed by atoms with E-state index in [-0.39, 0.29) is 17.9 Å². The first kappa shape index (κ1) is 14.4. The molecule has 3 nitrogen and oxygen atoms in total. The van der Waals surface area contributed by atoms with E-state index in [9.17, 15) is 4.79 Å². The van der Waals surface area contributed by atoms with E-state index in [4.69, 9.17) is 18.0 Å². The van der Waals surface area contributed by atoms with Crippen LogP contribution in [0, 0.1) is 5.92 Å². The zero-order chi connectivity index (χ0) is 13.3. The molecular weight excluding hydrogens is 400 g/mol. The van der Waals surface area contributed by atoms with Gasteiger partial charge in [-0.2, -0.15) is 0 Å². The molecule has 1 aliphatic rings. The summed E-state index contributed by atoms with van der Waals surface area (Å²) in [6, 6.07) is 1.89. The summed E-state index contributed by atoms with van der Waals surface area (Å²) in [4.78, 5) is 13.3. The van der Waals surface area contributed by atoms with Gasteiger partial charge < -0.3 is 11.1 Å². The number of thiophene rings is 1. The Hall–Kier alpha value is 0.0200. The van der Waals surface area contributed by atoms with Gasteiger partial charge in [0.2, 0.25) is 0 Å². The minimum absolute atomic E-state index is 0.0560. The third kappa shape index (κ3) is 3.12. The van der Waals surface area contributed by atoms with E-state index < -0.39 is 0 Å². The van der Waals surface area contributed by atoms with Crippen LogP contribution in [0.4, 0.5) is 0 Å². The van der Waals surface area contributed by atoms with Crippen molar-refractivity contribution in [1.29, 1.82) is 0 Å². The van der Waals surface area contributed by atoms with Gasteiger partial charge in [0.25, 0.3) is 5.91 Å². The quantitative estimate of drug-likeness (QED) is 0.748. The molecule has 7 heteroatoms. The molecule has 2 unspecified atom stereocenters. The average Bonchev–Trinajstić information content (AvgIpc) is 2.87. The molecule has 1 aliphatic carbocycles. The summed E-state index contributed by atoms with van der Waals surface area (Å²) in [7, 11) is 0. The van der Waals surface area contributed by atoms with Gasteiger partial charge in [-0.3, -0.25) is 4.79 Å². The van der Waals surface area contributed by atoms with Crippen molar-refractivity contribution in [2.45, 2.75) is 25.3 Å². The highest BCUT2D eigenvalue weighted by Crippen LogP contribution is 2.33. The molecule has 18 heavy (non-hydrogen) atoms. The van der Waals surface area contributed by atoms with Gasteiger partial charge in [-0.15, -0.1) is 11.3 Å². The zero-order valence-electron chi connectivity index (χ0n) is 9.41. The Bertz CT molecular complexity index is 470. The van der Waals surface area contributed by atoms with Gasteiger partial charge in [0.05, 0.1) is 13.7 Å². The molecule has 1 heterocycles. The van der Waals surface area contributed by atoms with Gasteiger partial charge in [-0.05, 0) is 50.8 Å². The second kappa shape index (κ2) is 5.98. The van der Waals surface area contributed by atoms with Gasteiger partial charge in [-0.25, -0.2) is 0 Å². The van der Waals surface area contributed by atoms with Crippen LogP contribution in [-0.4, -0.2) is 16.9 Å². The topological polar surface area (TPSA) is 55.1 Å². The highest BCUT2D eigenvalue weighted by atomic mass is 79.9. The number of hydrogen-bond donors (Lipinski definition) is 2. The number of nitrogens with one attached hydrogen (secondary N) is 1. The molecule has 0 spiro atoms. The number of rotatable bonds is 3. The van der Waals surface area contributed by atoms with Gasteiger partial charge in [0.15, 0.2) is 0 Å². The van der Waals surface area contributed by atoms with Crippen LogP contribution in [0.1, 0.15) is 28.9 Å². The molecular formula is C11H12Br2N2OS2. The molecule has 0 aliphatic heterocycles. The molecule has 0 saturated heterocycles. The Kier molecular flexibility index (Phi) is 4.80. The van der Waals surface area contributed by atoms with Crippen LogP contribution in [-0.2, 0) is 0 Å². The second-order valence-electron chi connectivity index (χ2n) is 4.25. The lowest BCUT2D eigenvalue weighted by Gasteiger charge is -2.19. The van der Waals surface area contributed by atoms with E-state index in [0.717, 1.165) is 27.5 Å². The first-order valence-electron chi connectivity index (χ1n) is 5.54. The molecule has 0 aromatic carbocycles. The maximum atomic E-state index is 12.1. The maximum Gasteiger partial charge on any atom is 0.261 e. The monoisotopic (exact) mass is 410 g/mol. The van der Waals surface area contributed by atoms with Crippen LogP contribution in [0.15, 0.2) is 14.3 Å². The summed E-state index contributed by atoms with van der Waals surface area (Å²) >= 11 is 13.2. The predicted octanol–water partition coefficient (Wildman–Crippen LogP) is 3.46. The first-order chi connectivity index (χ1) is 8.49. The lowest BCUT2D eigenvalue weighted by atomic mass is 10.0. The molecule has 98 valence electrons. The van der Waals surface area contributed by atoms with E-state index in [1.165, 1.54) is 11.3 Å². The summed E-state index contributed by atoms with van der Waals surface area (Å²) in [6.07, 6.45) is 2.98. The molecule has 1 fully saturated rings. The van der Waals surface area contributed by atoms with Crippen molar-refractivity contribution < 1.29 is 4.79 Å². The van der Waals surface area contributed by atoms with Crippen molar-refractivity contribution in [3.63, 3.8) is 0 Å². The Morgan fingerprint density at radius 3 is 2.78 bits per heavy atom. The third-order valence-corrected chi connectivity index (χ3v) is 6.62. The van der Waals surface area contributed by atoms with E-state index >= 15 is 0 Å². The van der Waals surface area contributed by atoms with Gasteiger partial charge in [-0.1, -0.05) is 18.6 Å². The molecule has 1 aromatic heterocycles. The molecule has 1 amide bonds. The standard InChI is InChI=1S/C11H12Br2N2OS2/c12-6-4-8(18-9(6)13)11(16)15-7-3-1-2-5(7)10(14)17/h4-5,7H,1-3H2,(H2,14,17)(H,15,16). The molecule has 0 bridgehead atoms. The summed E-state index contributed by atoms with van der Waals surface area (Å²) in [5, 5.41) is 3.03. The number of amides is 1. The van der Waals surface area contributed by atoms with Crippen LogP contribution >= 0.6 is 55.4 Å². The van der Waals surface area contributed by atoms with Gasteiger partial charge >= 0.3 is 0 Å². The van der Waals surface area contributed by atoms with Crippen molar-refractivity contribution in [2.75, 3.05) is 0 Å². The lowest BCUT2D eigenvalue weighted by Crippen LogP contribution is -2.41. The van der Waals surface area contributed by atoms with E-state index in [1.54, 1.807) is 0 Å². The van der Waals surface area contributed by atoms with Crippen molar-refractivity contribution in [3.05, 3.63) is 19.2 Å². The smallest absolute Gasteiger partial charge is 0.261 e. The molecule has 1 saturated carbocycles. The fraction of sp³-hybridized carbons (Fsp3) is 0.455. The molecule has 2 atom stereocenters. The number of carbonyl (C=O) groups excluding carboxylic acids is 1. The largest absolute Gasteiger partial charge is 0.393 e. The Morgan fingerprint density at radius 2 is 2.22 bits per heavy atom. The molecule has 0 radical (unpaired) electrons. The highest BCUT2D eigenvalue weighted by Gasteiger charge is 2.31. The first-order valence-corrected chi connectivity index (χ1v) is 8.35. The van der Waals surface area contributed by atoms with E-state index in [2.05, 4.69) is 37.2 Å². The van der Waals surface area contributed by atoms with E-state index in [0.29, 0.717) is 9.87 Å². The van der Waals surface area contributed by atoms with Crippen LogP contribution in [0.2, 0.25) is 0 Å².